The molecule has 2 bridgehead atoms. The third kappa shape index (κ3) is 13.4. The van der Waals surface area contributed by atoms with E-state index in [1.807, 2.05) is 26.0 Å². The summed E-state index contributed by atoms with van der Waals surface area (Å²) in [5, 5.41) is 34.4. The van der Waals surface area contributed by atoms with Gasteiger partial charge in [0.05, 0.1) is 30.5 Å². The number of fused-ring (bicyclic) bond motifs is 3. The van der Waals surface area contributed by atoms with E-state index in [4.69, 9.17) is 29.4 Å². The van der Waals surface area contributed by atoms with E-state index >= 15 is 0 Å². The Bertz CT molecular complexity index is 1530. The van der Waals surface area contributed by atoms with Gasteiger partial charge in [-0.15, -0.1) is 0 Å². The van der Waals surface area contributed by atoms with E-state index in [0.29, 0.717) is 63.5 Å². The molecule has 2 saturated heterocycles. The van der Waals surface area contributed by atoms with Crippen molar-refractivity contribution in [3.63, 3.8) is 0 Å². The van der Waals surface area contributed by atoms with E-state index in [1.54, 1.807) is 32.7 Å². The van der Waals surface area contributed by atoms with Gasteiger partial charge in [-0.1, -0.05) is 38.5 Å². The normalized spacial score (nSPS) is 39.1. The van der Waals surface area contributed by atoms with Crippen LogP contribution in [0, 0.1) is 29.6 Å². The summed E-state index contributed by atoms with van der Waals surface area (Å²) >= 11 is 1.74. The third-order valence-corrected chi connectivity index (χ3v) is 14.6. The smallest absolute Gasteiger partial charge is 0.329 e. The first-order chi connectivity index (χ1) is 29.0. The third-order valence-electron chi connectivity index (χ3n) is 13.5. The molecule has 1 saturated carbocycles. The van der Waals surface area contributed by atoms with Crippen LogP contribution in [-0.4, -0.2) is 144 Å². The number of cyclic esters (lactones) is 1. The lowest BCUT2D eigenvalue weighted by Gasteiger charge is -2.47. The number of methoxy groups -OCH3 is 3. The molecule has 0 aromatic rings. The van der Waals surface area contributed by atoms with Crippen molar-refractivity contribution in [2.45, 2.75) is 166 Å². The second kappa shape index (κ2) is 24.2. The monoisotopic (exact) mass is 881 g/mol. The van der Waals surface area contributed by atoms with Gasteiger partial charge in [0, 0.05) is 64.3 Å². The van der Waals surface area contributed by atoms with Crippen molar-refractivity contribution in [1.82, 2.24) is 4.90 Å². The van der Waals surface area contributed by atoms with E-state index in [0.717, 1.165) is 23.5 Å². The van der Waals surface area contributed by atoms with Crippen LogP contribution in [0.1, 0.15) is 112 Å². The van der Waals surface area contributed by atoms with Gasteiger partial charge in [0.1, 0.15) is 24.0 Å². The molecule has 0 radical (unpaired) electrons. The predicted molar refractivity (Wildman–Crippen MR) is 233 cm³/mol. The number of nitrogens with two attached hydrogens (primary N) is 1. The molecule has 2 unspecified atom stereocenters. The van der Waals surface area contributed by atoms with Crippen LogP contribution in [0.4, 0.5) is 0 Å². The fraction of sp³-hybridized carbons (Fsp3) is 0.826. The van der Waals surface area contributed by atoms with Crippen molar-refractivity contribution < 1.29 is 58.2 Å². The summed E-state index contributed by atoms with van der Waals surface area (Å²) in [7, 11) is 4.64. The van der Waals surface area contributed by atoms with Gasteiger partial charge in [0.15, 0.2) is 0 Å². The van der Waals surface area contributed by atoms with E-state index in [1.165, 1.54) is 19.1 Å². The van der Waals surface area contributed by atoms with Crippen molar-refractivity contribution in [2.24, 2.45) is 35.3 Å². The molecule has 3 fully saturated rings. The number of allylic oxidation sites excluding steroid dienone is 3. The lowest BCUT2D eigenvalue weighted by atomic mass is 9.81. The minimum absolute atomic E-state index is 0.0111. The summed E-state index contributed by atoms with van der Waals surface area (Å²) in [6.07, 6.45) is 4.43. The Morgan fingerprint density at radius 2 is 1.62 bits per heavy atom. The van der Waals surface area contributed by atoms with Crippen LogP contribution in [0.3, 0.4) is 0 Å². The maximum Gasteiger partial charge on any atom is 0.329 e. The van der Waals surface area contributed by atoms with E-state index in [-0.39, 0.29) is 49.5 Å². The van der Waals surface area contributed by atoms with Crippen LogP contribution in [0.5, 0.6) is 0 Å². The van der Waals surface area contributed by atoms with Gasteiger partial charge in [0.25, 0.3) is 11.7 Å². The van der Waals surface area contributed by atoms with Crippen LogP contribution < -0.4 is 5.73 Å². The molecule has 1 aliphatic carbocycles. The molecule has 3 heterocycles. The maximum absolute atomic E-state index is 14.4. The summed E-state index contributed by atoms with van der Waals surface area (Å²) in [5.41, 5.74) is 7.38. The van der Waals surface area contributed by atoms with Gasteiger partial charge in [0.2, 0.25) is 5.79 Å². The van der Waals surface area contributed by atoms with Crippen LogP contribution in [-0.2, 0) is 42.9 Å². The topological polar surface area (TPSA) is 204 Å². The fourth-order valence-corrected chi connectivity index (χ4v) is 10.6. The molecule has 0 aromatic carbocycles. The molecular weight excluding hydrogens is 805 g/mol. The summed E-state index contributed by atoms with van der Waals surface area (Å²) in [6, 6.07) is -1.14. The Hall–Kier alpha value is -2.21. The minimum Gasteiger partial charge on any atom is -0.456 e. The molecule has 14 nitrogen and oxygen atoms in total. The number of nitrogens with zero attached hydrogens (tertiary/aromatic N) is 1. The van der Waals surface area contributed by atoms with Crippen LogP contribution >= 0.6 is 11.8 Å². The molecule has 1 amide bonds. The lowest BCUT2D eigenvalue weighted by Crippen LogP contribution is -2.64. The number of esters is 1. The van der Waals surface area contributed by atoms with Crippen molar-refractivity contribution in [1.29, 1.82) is 0 Å². The number of Topliss-reactive ketones (excluding diaryl/α,β-unsaturated/α-hetero) is 2. The van der Waals surface area contributed by atoms with Crippen LogP contribution in [0.15, 0.2) is 23.3 Å². The number of piperidine rings is 1. The Kier molecular flexibility index (Phi) is 20.4. The number of ketones is 2. The first kappa shape index (κ1) is 51.4. The molecule has 0 spiro atoms. The van der Waals surface area contributed by atoms with Gasteiger partial charge in [-0.2, -0.15) is 11.8 Å². The number of hydrogen-bond acceptors (Lipinski definition) is 14. The predicted octanol–water partition coefficient (Wildman–Crippen LogP) is 4.54. The lowest BCUT2D eigenvalue weighted by molar-refractivity contribution is -0.302. The molecule has 0 aromatic heterocycles. The first-order valence-electron chi connectivity index (χ1n) is 22.6. The Labute approximate surface area is 368 Å². The number of ether oxygens (including phenoxy) is 5. The zero-order chi connectivity index (χ0) is 45.0. The molecule has 4 rings (SSSR count). The summed E-state index contributed by atoms with van der Waals surface area (Å²) in [4.78, 5) is 58.4. The number of rotatable bonds is 11. The van der Waals surface area contributed by atoms with Gasteiger partial charge < -0.3 is 49.6 Å². The molecular formula is C46H76N2O12S. The SMILES string of the molecule is COC1C[C@@H](C)C/C(C)=C/[C@@H](CCCSCCN)C(=O)C[C@H](O)[C@@H](C)[C@@H](/C(C)=C/[C@@H]2CC[C@@H](O)[C@H](OC)C2)OC(=O)[C@@H]2CCCCN2C(=O)C(=O)[C@]2(O)O[C@H]1C(OC)C[C@H]2C. The zero-order valence-electron chi connectivity index (χ0n) is 37.9. The second-order valence-corrected chi connectivity index (χ2v) is 19.5. The quantitative estimate of drug-likeness (QED) is 0.0975. The number of carbonyl (C=O) groups excluding carboxylic acids is 4. The highest BCUT2D eigenvalue weighted by atomic mass is 32.2. The summed E-state index contributed by atoms with van der Waals surface area (Å²) in [6.45, 7) is 9.94. The maximum atomic E-state index is 14.4. The second-order valence-electron chi connectivity index (χ2n) is 18.3. The van der Waals surface area contributed by atoms with Gasteiger partial charge >= 0.3 is 5.97 Å². The fourth-order valence-electron chi connectivity index (χ4n) is 9.88. The minimum atomic E-state index is -2.51. The van der Waals surface area contributed by atoms with E-state index in [9.17, 15) is 34.5 Å². The number of aliphatic hydroxyl groups is 3. The Balaban J connectivity index is 1.77. The summed E-state index contributed by atoms with van der Waals surface area (Å²) < 4.78 is 30.0. The summed E-state index contributed by atoms with van der Waals surface area (Å²) in [5.74, 6) is -5.92. The molecule has 3 aliphatic heterocycles. The Morgan fingerprint density at radius 1 is 0.934 bits per heavy atom. The highest BCUT2D eigenvalue weighted by Gasteiger charge is 2.56. The Morgan fingerprint density at radius 3 is 2.30 bits per heavy atom. The highest BCUT2D eigenvalue weighted by molar-refractivity contribution is 7.99. The van der Waals surface area contributed by atoms with Crippen molar-refractivity contribution in [3.05, 3.63) is 23.3 Å². The van der Waals surface area contributed by atoms with Crippen molar-refractivity contribution in [3.8, 4) is 0 Å². The van der Waals surface area contributed by atoms with Gasteiger partial charge in [-0.25, -0.2) is 4.79 Å². The van der Waals surface area contributed by atoms with Crippen molar-refractivity contribution in [2.75, 3.05) is 45.9 Å². The number of thioether (sulfide) groups is 1. The zero-order valence-corrected chi connectivity index (χ0v) is 38.7. The number of aliphatic hydroxyl groups excluding tert-OH is 2. The van der Waals surface area contributed by atoms with Gasteiger partial charge in [-0.3, -0.25) is 14.4 Å². The number of amides is 1. The van der Waals surface area contributed by atoms with Crippen LogP contribution in [0.25, 0.3) is 0 Å². The molecule has 15 heteroatoms. The average Bonchev–Trinajstić information content (AvgIpc) is 3.24. The molecule has 61 heavy (non-hydrogen) atoms. The largest absolute Gasteiger partial charge is 0.456 e. The molecule has 348 valence electrons. The van der Waals surface area contributed by atoms with E-state index in [2.05, 4.69) is 6.92 Å². The average molecular weight is 881 g/mol. The first-order valence-corrected chi connectivity index (χ1v) is 23.7. The number of hydrogen-bond donors (Lipinski definition) is 4. The molecule has 5 N–H and O–H groups in total. The van der Waals surface area contributed by atoms with Gasteiger partial charge in [-0.05, 0) is 108 Å². The van der Waals surface area contributed by atoms with Crippen LogP contribution in [0.2, 0.25) is 0 Å². The molecule has 14 atom stereocenters. The number of carbonyl (C=O) groups is 4. The molecule has 4 aliphatic rings. The van der Waals surface area contributed by atoms with Crippen molar-refractivity contribution >= 4 is 35.2 Å². The van der Waals surface area contributed by atoms with E-state index < -0.39 is 83.9 Å². The highest BCUT2D eigenvalue weighted by Crippen LogP contribution is 2.39. The standard InChI is InChI=1S/C46H76N2O12S/c1-27-20-28(2)22-39(57-7)42-40(58-8)24-30(4)46(55,60-42)43(52)44(53)48-17-10-9-13-34(48)45(54)59-41(29(3)23-32-14-15-35(49)38(25-32)56-6)31(5)36(50)26-37(51)33(21-27)12-11-18-61-19-16-47/h21,23,28,30-36,38-42,49-50,55H,9-20,22,24-26,47H2,1-8H3/b27-21+,29-23+/t28-,30+,31+,32-,33+,34-,35+,36-,38+,39?,40?,41+,42+,46+/m0/s1.